The van der Waals surface area contributed by atoms with E-state index in [0.29, 0.717) is 25.1 Å². The predicted molar refractivity (Wildman–Crippen MR) is 133 cm³/mol. The maximum absolute atomic E-state index is 13.2. The molecule has 1 aromatic heterocycles. The monoisotopic (exact) mass is 473 g/mol. The summed E-state index contributed by atoms with van der Waals surface area (Å²) in [5, 5.41) is 10.6. The fraction of sp³-hybridized carbons (Fsp3) is 0.321. The first kappa shape index (κ1) is 24.4. The van der Waals surface area contributed by atoms with Gasteiger partial charge in [-0.05, 0) is 44.0 Å². The number of carbonyl (C=O) groups is 2. The summed E-state index contributed by atoms with van der Waals surface area (Å²) < 4.78 is 6.09. The van der Waals surface area contributed by atoms with Crippen molar-refractivity contribution in [2.24, 2.45) is 5.73 Å². The number of ether oxygens (including phenoxy) is 1. The van der Waals surface area contributed by atoms with Gasteiger partial charge in [-0.25, -0.2) is 9.78 Å². The van der Waals surface area contributed by atoms with Crippen LogP contribution in [0.4, 0.5) is 4.79 Å². The second-order valence-corrected chi connectivity index (χ2v) is 9.73. The minimum Gasteiger partial charge on any atom is -0.438 e. The number of amides is 2. The van der Waals surface area contributed by atoms with Crippen molar-refractivity contribution in [2.75, 3.05) is 6.54 Å². The highest BCUT2D eigenvalue weighted by atomic mass is 16.6. The molecule has 0 aliphatic carbocycles. The van der Waals surface area contributed by atoms with Crippen molar-refractivity contribution < 1.29 is 19.4 Å². The average molecular weight is 474 g/mol. The van der Waals surface area contributed by atoms with E-state index in [-0.39, 0.29) is 11.7 Å². The number of rotatable bonds is 7. The van der Waals surface area contributed by atoms with Gasteiger partial charge >= 0.3 is 6.09 Å². The van der Waals surface area contributed by atoms with Crippen molar-refractivity contribution in [3.8, 4) is 11.3 Å². The molecule has 2 aromatic carbocycles. The summed E-state index contributed by atoms with van der Waals surface area (Å²) in [6.45, 7) is 5.93. The summed E-state index contributed by atoms with van der Waals surface area (Å²) in [6, 6.07) is 22.3. The predicted octanol–water partition coefficient (Wildman–Crippen LogP) is 4.81. The highest BCUT2D eigenvalue weighted by Gasteiger charge is 2.46. The molecule has 0 spiro atoms. The van der Waals surface area contributed by atoms with Crippen molar-refractivity contribution in [3.05, 3.63) is 89.6 Å². The Morgan fingerprint density at radius 2 is 1.80 bits per heavy atom. The van der Waals surface area contributed by atoms with Gasteiger partial charge < -0.3 is 20.5 Å². The summed E-state index contributed by atoms with van der Waals surface area (Å²) in [4.78, 5) is 30.7. The van der Waals surface area contributed by atoms with Crippen LogP contribution in [-0.4, -0.2) is 39.1 Å². The zero-order chi connectivity index (χ0) is 25.2. The van der Waals surface area contributed by atoms with E-state index in [1.807, 2.05) is 67.6 Å². The largest absolute Gasteiger partial charge is 0.438 e. The SMILES string of the molecule is C[C@@H](c1ccc(-c2cccc(C(N)=O)n2)cc1)N1CCC(CC(C)(C)O)(c2ccccc2)OC1=O. The van der Waals surface area contributed by atoms with E-state index in [4.69, 9.17) is 10.5 Å². The normalized spacial score (nSPS) is 19.2. The second kappa shape index (κ2) is 9.50. The molecule has 3 N–H and O–H groups in total. The molecule has 2 amide bonds. The lowest BCUT2D eigenvalue weighted by Crippen LogP contribution is -2.51. The summed E-state index contributed by atoms with van der Waals surface area (Å²) in [7, 11) is 0. The molecular formula is C28H31N3O4. The Labute approximate surface area is 205 Å². The Kier molecular flexibility index (Phi) is 6.63. The fourth-order valence-electron chi connectivity index (χ4n) is 4.74. The number of cyclic esters (lactones) is 1. The van der Waals surface area contributed by atoms with E-state index in [0.717, 1.165) is 16.7 Å². The van der Waals surface area contributed by atoms with E-state index in [1.54, 1.807) is 30.9 Å². The zero-order valence-corrected chi connectivity index (χ0v) is 20.3. The van der Waals surface area contributed by atoms with Crippen molar-refractivity contribution in [1.29, 1.82) is 0 Å². The first-order chi connectivity index (χ1) is 16.6. The average Bonchev–Trinajstić information content (AvgIpc) is 2.83. The van der Waals surface area contributed by atoms with Gasteiger partial charge in [-0.3, -0.25) is 4.79 Å². The molecule has 0 radical (unpaired) electrons. The number of hydrogen-bond donors (Lipinski definition) is 2. The molecule has 0 bridgehead atoms. The Morgan fingerprint density at radius 3 is 2.40 bits per heavy atom. The highest BCUT2D eigenvalue weighted by Crippen LogP contribution is 2.42. The number of nitrogens with two attached hydrogens (primary N) is 1. The first-order valence-electron chi connectivity index (χ1n) is 11.7. The van der Waals surface area contributed by atoms with Gasteiger partial charge in [0, 0.05) is 24.9 Å². The van der Waals surface area contributed by atoms with E-state index < -0.39 is 23.2 Å². The zero-order valence-electron chi connectivity index (χ0n) is 20.3. The lowest BCUT2D eigenvalue weighted by molar-refractivity contribution is -0.101. The number of aromatic nitrogens is 1. The third kappa shape index (κ3) is 5.35. The lowest BCUT2D eigenvalue weighted by atomic mass is 9.80. The van der Waals surface area contributed by atoms with E-state index in [9.17, 15) is 14.7 Å². The molecule has 7 heteroatoms. The third-order valence-corrected chi connectivity index (χ3v) is 6.45. The Hall–Kier alpha value is -3.71. The van der Waals surface area contributed by atoms with Crippen LogP contribution in [0.3, 0.4) is 0 Å². The van der Waals surface area contributed by atoms with Gasteiger partial charge in [0.2, 0.25) is 0 Å². The summed E-state index contributed by atoms with van der Waals surface area (Å²) in [5.41, 5.74) is 7.01. The number of aliphatic hydroxyl groups is 1. The van der Waals surface area contributed by atoms with Crippen molar-refractivity contribution in [2.45, 2.75) is 50.9 Å². The maximum atomic E-state index is 13.2. The van der Waals surface area contributed by atoms with Crippen LogP contribution in [-0.2, 0) is 10.3 Å². The summed E-state index contributed by atoms with van der Waals surface area (Å²) in [5.74, 6) is -0.572. The van der Waals surface area contributed by atoms with Crippen molar-refractivity contribution in [1.82, 2.24) is 9.88 Å². The minimum absolute atomic E-state index is 0.211. The molecule has 0 saturated carbocycles. The number of carbonyl (C=O) groups excluding carboxylic acids is 2. The molecule has 182 valence electrons. The highest BCUT2D eigenvalue weighted by molar-refractivity contribution is 5.91. The smallest absolute Gasteiger partial charge is 0.411 e. The van der Waals surface area contributed by atoms with E-state index >= 15 is 0 Å². The summed E-state index contributed by atoms with van der Waals surface area (Å²) >= 11 is 0. The third-order valence-electron chi connectivity index (χ3n) is 6.45. The molecule has 1 aliphatic rings. The van der Waals surface area contributed by atoms with E-state index in [2.05, 4.69) is 4.98 Å². The molecule has 2 heterocycles. The molecule has 1 fully saturated rings. The Morgan fingerprint density at radius 1 is 1.11 bits per heavy atom. The molecule has 1 unspecified atom stereocenters. The second-order valence-electron chi connectivity index (χ2n) is 9.73. The Balaban J connectivity index is 1.53. The van der Waals surface area contributed by atoms with Crippen LogP contribution in [0.25, 0.3) is 11.3 Å². The van der Waals surface area contributed by atoms with Crippen molar-refractivity contribution in [3.63, 3.8) is 0 Å². The van der Waals surface area contributed by atoms with Gasteiger partial charge in [-0.1, -0.05) is 60.7 Å². The number of hydrogen-bond acceptors (Lipinski definition) is 5. The first-order valence-corrected chi connectivity index (χ1v) is 11.7. The van der Waals surface area contributed by atoms with Crippen LogP contribution < -0.4 is 5.73 Å². The molecule has 1 saturated heterocycles. The van der Waals surface area contributed by atoms with Crippen LogP contribution in [0.15, 0.2) is 72.8 Å². The maximum Gasteiger partial charge on any atom is 0.411 e. The number of benzene rings is 2. The standard InChI is InChI=1S/C28H31N3O4/c1-19(20-12-14-21(15-13-20)23-10-7-11-24(30-23)25(29)32)31-17-16-28(35-26(31)33,18-27(2,3)34)22-8-5-4-6-9-22/h4-15,19,34H,16-18H2,1-3H3,(H2,29,32)/t19-,28?/m0/s1. The topological polar surface area (TPSA) is 106 Å². The molecule has 35 heavy (non-hydrogen) atoms. The molecule has 2 atom stereocenters. The molecule has 7 nitrogen and oxygen atoms in total. The van der Waals surface area contributed by atoms with Gasteiger partial charge in [-0.2, -0.15) is 0 Å². The number of nitrogens with zero attached hydrogens (tertiary/aromatic N) is 2. The summed E-state index contributed by atoms with van der Waals surface area (Å²) in [6.07, 6.45) is 0.472. The van der Waals surface area contributed by atoms with Gasteiger partial charge in [0.25, 0.3) is 5.91 Å². The van der Waals surface area contributed by atoms with Gasteiger partial charge in [0.1, 0.15) is 11.3 Å². The molecular weight excluding hydrogens is 442 g/mol. The van der Waals surface area contributed by atoms with Gasteiger partial charge in [0.05, 0.1) is 17.3 Å². The lowest BCUT2D eigenvalue weighted by Gasteiger charge is -2.45. The molecule has 3 aromatic rings. The Bertz CT molecular complexity index is 1200. The van der Waals surface area contributed by atoms with Gasteiger partial charge in [-0.15, -0.1) is 0 Å². The van der Waals surface area contributed by atoms with Crippen LogP contribution in [0.5, 0.6) is 0 Å². The quantitative estimate of drug-likeness (QED) is 0.512. The van der Waals surface area contributed by atoms with Crippen molar-refractivity contribution >= 4 is 12.0 Å². The van der Waals surface area contributed by atoms with Crippen LogP contribution >= 0.6 is 0 Å². The van der Waals surface area contributed by atoms with Gasteiger partial charge in [0.15, 0.2) is 0 Å². The van der Waals surface area contributed by atoms with Crippen LogP contribution in [0.2, 0.25) is 0 Å². The molecule has 4 rings (SSSR count). The number of pyridine rings is 1. The number of primary amides is 1. The molecule has 1 aliphatic heterocycles. The fourth-order valence-corrected chi connectivity index (χ4v) is 4.74. The minimum atomic E-state index is -1.00. The van der Waals surface area contributed by atoms with Crippen LogP contribution in [0, 0.1) is 0 Å². The van der Waals surface area contributed by atoms with Crippen LogP contribution in [0.1, 0.15) is 61.3 Å². The van der Waals surface area contributed by atoms with E-state index in [1.165, 1.54) is 0 Å².